The van der Waals surface area contributed by atoms with Gasteiger partial charge in [-0.1, -0.05) is 18.2 Å². The van der Waals surface area contributed by atoms with E-state index in [1.165, 1.54) is 10.9 Å². The molecule has 1 atom stereocenters. The van der Waals surface area contributed by atoms with E-state index in [-0.39, 0.29) is 6.04 Å². The monoisotopic (exact) mass is 228 g/mol. The number of likely N-dealkylation sites (tertiary alicyclic amines) is 1. The summed E-state index contributed by atoms with van der Waals surface area (Å²) >= 11 is 0. The number of para-hydroxylation sites is 1. The van der Waals surface area contributed by atoms with Crippen molar-refractivity contribution in [2.75, 3.05) is 13.6 Å². The molecule has 1 fully saturated rings. The lowest BCUT2D eigenvalue weighted by Crippen LogP contribution is -2.20. The van der Waals surface area contributed by atoms with Gasteiger partial charge in [-0.3, -0.25) is 9.69 Å². The third-order valence-electron chi connectivity index (χ3n) is 3.68. The Balaban J connectivity index is 2.21. The number of hydrogen-bond acceptors (Lipinski definition) is 2. The molecular weight excluding hydrogens is 212 g/mol. The molecule has 1 unspecified atom stereocenters. The summed E-state index contributed by atoms with van der Waals surface area (Å²) in [6.07, 6.45) is 2.76. The summed E-state index contributed by atoms with van der Waals surface area (Å²) in [7, 11) is 4.06. The van der Waals surface area contributed by atoms with Crippen molar-refractivity contribution in [2.45, 2.75) is 12.5 Å². The highest BCUT2D eigenvalue weighted by molar-refractivity contribution is 5.94. The van der Waals surface area contributed by atoms with Gasteiger partial charge in [-0.25, -0.2) is 0 Å². The molecule has 1 aliphatic heterocycles. The Morgan fingerprint density at radius 2 is 2.00 bits per heavy atom. The van der Waals surface area contributed by atoms with Crippen molar-refractivity contribution >= 4 is 16.7 Å². The van der Waals surface area contributed by atoms with Crippen LogP contribution in [0.3, 0.4) is 0 Å². The van der Waals surface area contributed by atoms with Crippen LogP contribution in [0, 0.1) is 0 Å². The van der Waals surface area contributed by atoms with E-state index in [9.17, 15) is 4.79 Å². The van der Waals surface area contributed by atoms with Gasteiger partial charge in [-0.15, -0.1) is 0 Å². The number of nitrogens with zero attached hydrogens (tertiary/aromatic N) is 2. The Labute approximate surface area is 101 Å². The van der Waals surface area contributed by atoms with Crippen LogP contribution in [0.1, 0.15) is 18.0 Å². The molecule has 1 aromatic heterocycles. The fourth-order valence-electron chi connectivity index (χ4n) is 2.80. The van der Waals surface area contributed by atoms with Gasteiger partial charge >= 0.3 is 0 Å². The van der Waals surface area contributed by atoms with Crippen molar-refractivity contribution in [3.63, 3.8) is 0 Å². The molecule has 0 bridgehead atoms. The number of aromatic nitrogens is 1. The number of benzene rings is 1. The number of fused-ring (bicyclic) bond motifs is 1. The van der Waals surface area contributed by atoms with Crippen LogP contribution in [0.5, 0.6) is 0 Å². The molecule has 0 aliphatic carbocycles. The third-order valence-corrected chi connectivity index (χ3v) is 3.68. The van der Waals surface area contributed by atoms with Gasteiger partial charge in [0.05, 0.1) is 6.04 Å². The molecule has 3 nitrogen and oxygen atoms in total. The summed E-state index contributed by atoms with van der Waals surface area (Å²) in [5.74, 6) is 0.337. The Morgan fingerprint density at radius 1 is 1.24 bits per heavy atom. The minimum absolute atomic E-state index is 0.0545. The second-order valence-corrected chi connectivity index (χ2v) is 4.81. The van der Waals surface area contributed by atoms with Gasteiger partial charge in [-0.05, 0) is 13.1 Å². The average molecular weight is 228 g/mol. The van der Waals surface area contributed by atoms with Crippen LogP contribution >= 0.6 is 0 Å². The largest absolute Gasteiger partial charge is 0.350 e. The van der Waals surface area contributed by atoms with E-state index >= 15 is 0 Å². The molecule has 1 saturated heterocycles. The van der Waals surface area contributed by atoms with Gasteiger partial charge < -0.3 is 4.57 Å². The normalized spacial score (nSPS) is 21.5. The van der Waals surface area contributed by atoms with Gasteiger partial charge in [-0.2, -0.15) is 0 Å². The number of aryl methyl sites for hydroxylation is 1. The van der Waals surface area contributed by atoms with Crippen LogP contribution in [0.15, 0.2) is 30.5 Å². The smallest absolute Gasteiger partial charge is 0.155 e. The van der Waals surface area contributed by atoms with E-state index in [0.717, 1.165) is 12.1 Å². The van der Waals surface area contributed by atoms with Crippen molar-refractivity contribution in [3.8, 4) is 0 Å². The quantitative estimate of drug-likeness (QED) is 0.747. The fourth-order valence-corrected chi connectivity index (χ4v) is 2.80. The predicted octanol–water partition coefficient (Wildman–Crippen LogP) is 2.12. The van der Waals surface area contributed by atoms with Crippen molar-refractivity contribution in [3.05, 3.63) is 36.0 Å². The van der Waals surface area contributed by atoms with Crippen molar-refractivity contribution in [1.29, 1.82) is 0 Å². The molecule has 1 aromatic carbocycles. The highest BCUT2D eigenvalue weighted by Crippen LogP contribution is 2.33. The summed E-state index contributed by atoms with van der Waals surface area (Å²) in [5, 5.41) is 1.20. The van der Waals surface area contributed by atoms with Gasteiger partial charge in [0.15, 0.2) is 5.78 Å². The molecule has 3 rings (SSSR count). The molecule has 1 aliphatic rings. The Bertz CT molecular complexity index is 585. The number of likely N-dealkylation sites (N-methyl/N-ethyl adjacent to an activating group) is 1. The molecule has 0 spiro atoms. The first-order valence-electron chi connectivity index (χ1n) is 5.95. The summed E-state index contributed by atoms with van der Waals surface area (Å²) in [6.45, 7) is 0.868. The Morgan fingerprint density at radius 3 is 2.71 bits per heavy atom. The maximum absolute atomic E-state index is 12.0. The molecule has 2 aromatic rings. The minimum atomic E-state index is -0.0545. The van der Waals surface area contributed by atoms with Gasteiger partial charge in [0.25, 0.3) is 0 Å². The highest BCUT2D eigenvalue weighted by atomic mass is 16.1. The Hall–Kier alpha value is -1.61. The molecule has 0 saturated carbocycles. The van der Waals surface area contributed by atoms with Crippen molar-refractivity contribution in [1.82, 2.24) is 9.47 Å². The molecule has 0 radical (unpaired) electrons. The number of carbonyl (C=O) groups excluding carboxylic acids is 1. The van der Waals surface area contributed by atoms with E-state index < -0.39 is 0 Å². The number of rotatable bonds is 1. The van der Waals surface area contributed by atoms with Crippen LogP contribution in [-0.4, -0.2) is 28.8 Å². The first kappa shape index (κ1) is 10.5. The summed E-state index contributed by atoms with van der Waals surface area (Å²) in [5.41, 5.74) is 2.34. The number of ketones is 1. The van der Waals surface area contributed by atoms with Crippen molar-refractivity contribution < 1.29 is 4.79 Å². The summed E-state index contributed by atoms with van der Waals surface area (Å²) in [4.78, 5) is 14.1. The lowest BCUT2D eigenvalue weighted by molar-refractivity contribution is -0.119. The van der Waals surface area contributed by atoms with Crippen LogP contribution < -0.4 is 0 Å². The topological polar surface area (TPSA) is 25.2 Å². The molecule has 0 N–H and O–H groups in total. The molecular formula is C14H16N2O. The molecule has 17 heavy (non-hydrogen) atoms. The number of Topliss-reactive ketones (excluding diaryl/α,β-unsaturated/α-hetero) is 1. The standard InChI is InChI=1S/C14H16N2O/c1-15-8-7-13(17)14(15)11-9-16(2)12-6-4-3-5-10(11)12/h3-6,9,14H,7-8H2,1-2H3. The van der Waals surface area contributed by atoms with E-state index in [2.05, 4.69) is 27.8 Å². The summed E-state index contributed by atoms with van der Waals surface area (Å²) < 4.78 is 2.10. The molecule has 88 valence electrons. The van der Waals surface area contributed by atoms with Crippen LogP contribution in [-0.2, 0) is 11.8 Å². The van der Waals surface area contributed by atoms with Gasteiger partial charge in [0.2, 0.25) is 0 Å². The maximum atomic E-state index is 12.0. The first-order valence-corrected chi connectivity index (χ1v) is 5.95. The second kappa shape index (κ2) is 3.70. The van der Waals surface area contributed by atoms with E-state index in [4.69, 9.17) is 0 Å². The lowest BCUT2D eigenvalue weighted by Gasteiger charge is -2.17. The zero-order valence-electron chi connectivity index (χ0n) is 10.2. The van der Waals surface area contributed by atoms with Gasteiger partial charge in [0, 0.05) is 42.7 Å². The zero-order chi connectivity index (χ0) is 12.0. The van der Waals surface area contributed by atoms with Gasteiger partial charge in [0.1, 0.15) is 0 Å². The average Bonchev–Trinajstić information content (AvgIpc) is 2.82. The van der Waals surface area contributed by atoms with Crippen LogP contribution in [0.25, 0.3) is 10.9 Å². The minimum Gasteiger partial charge on any atom is -0.350 e. The first-order chi connectivity index (χ1) is 8.18. The van der Waals surface area contributed by atoms with E-state index in [0.29, 0.717) is 12.2 Å². The third kappa shape index (κ3) is 1.50. The summed E-state index contributed by atoms with van der Waals surface area (Å²) in [6, 6.07) is 8.21. The fraction of sp³-hybridized carbons (Fsp3) is 0.357. The maximum Gasteiger partial charge on any atom is 0.155 e. The number of carbonyl (C=O) groups is 1. The van der Waals surface area contributed by atoms with Crippen LogP contribution in [0.2, 0.25) is 0 Å². The van der Waals surface area contributed by atoms with Crippen molar-refractivity contribution in [2.24, 2.45) is 7.05 Å². The molecule has 2 heterocycles. The number of hydrogen-bond donors (Lipinski definition) is 0. The molecule has 0 amide bonds. The second-order valence-electron chi connectivity index (χ2n) is 4.81. The van der Waals surface area contributed by atoms with E-state index in [1.54, 1.807) is 0 Å². The SMILES string of the molecule is CN1CCC(=O)C1c1cn(C)c2ccccc12. The van der Waals surface area contributed by atoms with Crippen LogP contribution in [0.4, 0.5) is 0 Å². The van der Waals surface area contributed by atoms with E-state index in [1.807, 2.05) is 26.2 Å². The predicted molar refractivity (Wildman–Crippen MR) is 67.9 cm³/mol. The molecule has 3 heteroatoms. The highest BCUT2D eigenvalue weighted by Gasteiger charge is 2.32. The lowest BCUT2D eigenvalue weighted by atomic mass is 10.0. The zero-order valence-corrected chi connectivity index (χ0v) is 10.2. The Kier molecular flexibility index (Phi) is 2.30.